The monoisotopic (exact) mass is 519 g/mol. The number of carbonyl (C=O) groups is 3. The molecule has 5 rings (SSSR count). The highest BCUT2D eigenvalue weighted by molar-refractivity contribution is 7.99. The summed E-state index contributed by atoms with van der Waals surface area (Å²) in [5.41, 5.74) is 4.23. The number of carbonyl (C=O) groups excluding carboxylic acids is 3. The summed E-state index contributed by atoms with van der Waals surface area (Å²) in [5, 5.41) is 11.5. The van der Waals surface area contributed by atoms with Gasteiger partial charge in [0.2, 0.25) is 0 Å². The maximum absolute atomic E-state index is 13.6. The van der Waals surface area contributed by atoms with Crippen molar-refractivity contribution in [1.29, 1.82) is 0 Å². The highest BCUT2D eigenvalue weighted by atomic mass is 32.2. The number of nitrogens with one attached hydrogen (secondary N) is 2. The van der Waals surface area contributed by atoms with Crippen LogP contribution in [0.4, 0.5) is 9.59 Å². The van der Waals surface area contributed by atoms with Crippen molar-refractivity contribution in [2.24, 2.45) is 17.6 Å². The first-order valence-electron chi connectivity index (χ1n) is 12.4. The fourth-order valence-electron chi connectivity index (χ4n) is 6.53. The Morgan fingerprint density at radius 3 is 2.50 bits per heavy atom. The van der Waals surface area contributed by atoms with Crippen LogP contribution in [-0.4, -0.2) is 56.9 Å². The topological polar surface area (TPSA) is 138 Å². The third-order valence-electron chi connectivity index (χ3n) is 7.29. The van der Waals surface area contributed by atoms with Gasteiger partial charge in [0.25, 0.3) is 5.91 Å². The standard InChI is InChI=1S/C25H37N5O5S/c1-15(2)36-20-18(13-27-30(20)7-6-23(3,4)29-22(33)34-5)19(31)28-24-9-16-8-17(10-24)12-25(11-16,14-24)35-21(26)32/h6-7,13,15-17H,8-12,14H2,1-5H3,(H2,26,32)(H,28,31)(H,29,33)/b7-6+. The Labute approximate surface area is 216 Å². The summed E-state index contributed by atoms with van der Waals surface area (Å²) < 4.78 is 12.0. The molecule has 198 valence electrons. The maximum atomic E-state index is 13.6. The molecule has 3 amide bonds. The van der Waals surface area contributed by atoms with Gasteiger partial charge in [-0.3, -0.25) is 4.79 Å². The lowest BCUT2D eigenvalue weighted by Gasteiger charge is -2.61. The molecular formula is C25H37N5O5S. The molecule has 0 saturated heterocycles. The van der Waals surface area contributed by atoms with Gasteiger partial charge in [-0.2, -0.15) is 5.10 Å². The van der Waals surface area contributed by atoms with Gasteiger partial charge in [-0.25, -0.2) is 14.3 Å². The van der Waals surface area contributed by atoms with Gasteiger partial charge in [-0.1, -0.05) is 13.8 Å². The Hall–Kier alpha value is -2.69. The molecule has 10 nitrogen and oxygen atoms in total. The van der Waals surface area contributed by atoms with Crippen molar-refractivity contribution in [1.82, 2.24) is 20.4 Å². The van der Waals surface area contributed by atoms with Gasteiger partial charge in [0.1, 0.15) is 10.6 Å². The molecule has 4 saturated carbocycles. The normalized spacial score (nSPS) is 28.9. The van der Waals surface area contributed by atoms with E-state index in [-0.39, 0.29) is 11.2 Å². The molecule has 1 aromatic heterocycles. The van der Waals surface area contributed by atoms with Crippen molar-refractivity contribution in [3.63, 3.8) is 0 Å². The number of methoxy groups -OCH3 is 1. The molecule has 4 N–H and O–H groups in total. The smallest absolute Gasteiger partial charge is 0.407 e. The predicted molar refractivity (Wildman–Crippen MR) is 136 cm³/mol. The lowest BCUT2D eigenvalue weighted by Crippen LogP contribution is -2.66. The summed E-state index contributed by atoms with van der Waals surface area (Å²) in [6.45, 7) is 7.79. The molecule has 0 radical (unpaired) electrons. The molecular weight excluding hydrogens is 482 g/mol. The average molecular weight is 520 g/mol. The van der Waals surface area contributed by atoms with E-state index in [0.717, 1.165) is 37.1 Å². The number of ether oxygens (including phenoxy) is 2. The fourth-order valence-corrected chi connectivity index (χ4v) is 7.47. The van der Waals surface area contributed by atoms with E-state index in [2.05, 4.69) is 29.6 Å². The van der Waals surface area contributed by atoms with Gasteiger partial charge in [-0.15, -0.1) is 11.8 Å². The van der Waals surface area contributed by atoms with Crippen molar-refractivity contribution in [3.8, 4) is 0 Å². The number of primary amides is 1. The minimum Gasteiger partial charge on any atom is -0.453 e. The number of nitrogens with zero attached hydrogens (tertiary/aromatic N) is 2. The average Bonchev–Trinajstić information content (AvgIpc) is 3.11. The lowest BCUT2D eigenvalue weighted by atomic mass is 9.51. The number of aromatic nitrogens is 2. The Bertz CT molecular complexity index is 1050. The Morgan fingerprint density at radius 1 is 1.25 bits per heavy atom. The highest BCUT2D eigenvalue weighted by Gasteiger charge is 2.60. The molecule has 1 heterocycles. The molecule has 4 aliphatic carbocycles. The third-order valence-corrected chi connectivity index (χ3v) is 8.39. The molecule has 4 aliphatic rings. The second kappa shape index (κ2) is 9.64. The molecule has 0 aromatic carbocycles. The van der Waals surface area contributed by atoms with E-state index < -0.39 is 28.9 Å². The zero-order valence-electron chi connectivity index (χ0n) is 21.6. The number of rotatable bonds is 8. The van der Waals surface area contributed by atoms with Crippen LogP contribution in [0.15, 0.2) is 17.3 Å². The minimum atomic E-state index is -0.744. The first-order valence-corrected chi connectivity index (χ1v) is 13.3. The first kappa shape index (κ1) is 26.4. The summed E-state index contributed by atoms with van der Waals surface area (Å²) >= 11 is 1.55. The molecule has 0 aliphatic heterocycles. The molecule has 2 unspecified atom stereocenters. The Balaban J connectivity index is 1.56. The second-order valence-corrected chi connectivity index (χ2v) is 13.0. The summed E-state index contributed by atoms with van der Waals surface area (Å²) in [5.74, 6) is 0.636. The summed E-state index contributed by atoms with van der Waals surface area (Å²) in [7, 11) is 1.32. The number of hydrogen-bond donors (Lipinski definition) is 3. The largest absolute Gasteiger partial charge is 0.453 e. The van der Waals surface area contributed by atoms with E-state index in [1.807, 2.05) is 13.8 Å². The van der Waals surface area contributed by atoms with Gasteiger partial charge in [0.15, 0.2) is 0 Å². The minimum absolute atomic E-state index is 0.180. The van der Waals surface area contributed by atoms with E-state index in [9.17, 15) is 14.4 Å². The zero-order valence-corrected chi connectivity index (χ0v) is 22.4. The molecule has 11 heteroatoms. The molecule has 4 fully saturated rings. The van der Waals surface area contributed by atoms with Crippen LogP contribution in [0, 0.1) is 11.8 Å². The van der Waals surface area contributed by atoms with Crippen LogP contribution in [0.5, 0.6) is 0 Å². The van der Waals surface area contributed by atoms with Gasteiger partial charge >= 0.3 is 12.2 Å². The van der Waals surface area contributed by atoms with Crippen LogP contribution >= 0.6 is 11.8 Å². The first-order chi connectivity index (χ1) is 16.8. The van der Waals surface area contributed by atoms with Crippen LogP contribution in [0.1, 0.15) is 76.6 Å². The van der Waals surface area contributed by atoms with Crippen molar-refractivity contribution in [2.45, 2.75) is 93.2 Å². The van der Waals surface area contributed by atoms with E-state index in [1.165, 1.54) is 7.11 Å². The van der Waals surface area contributed by atoms with Crippen molar-refractivity contribution in [2.75, 3.05) is 7.11 Å². The van der Waals surface area contributed by atoms with Crippen LogP contribution in [-0.2, 0) is 9.47 Å². The van der Waals surface area contributed by atoms with Crippen molar-refractivity contribution >= 4 is 36.1 Å². The predicted octanol–water partition coefficient (Wildman–Crippen LogP) is 3.91. The zero-order chi connectivity index (χ0) is 26.3. The van der Waals surface area contributed by atoms with Crippen LogP contribution < -0.4 is 16.4 Å². The summed E-state index contributed by atoms with van der Waals surface area (Å²) in [4.78, 5) is 36.9. The highest BCUT2D eigenvalue weighted by Crippen LogP contribution is 2.59. The Kier molecular flexibility index (Phi) is 7.07. The quantitative estimate of drug-likeness (QED) is 0.443. The molecule has 36 heavy (non-hydrogen) atoms. The van der Waals surface area contributed by atoms with Crippen molar-refractivity contribution < 1.29 is 23.9 Å². The number of alkyl carbamates (subject to hydrolysis) is 1. The van der Waals surface area contributed by atoms with Crippen LogP contribution in [0.25, 0.3) is 6.20 Å². The molecule has 4 bridgehead atoms. The van der Waals surface area contributed by atoms with Crippen LogP contribution in [0.2, 0.25) is 0 Å². The van der Waals surface area contributed by atoms with Gasteiger partial charge in [0, 0.05) is 23.4 Å². The third kappa shape index (κ3) is 5.66. The summed E-state index contributed by atoms with van der Waals surface area (Å²) in [6.07, 6.45) is 8.95. The van der Waals surface area contributed by atoms with Crippen LogP contribution in [0.3, 0.4) is 0 Å². The van der Waals surface area contributed by atoms with E-state index >= 15 is 0 Å². The fraction of sp³-hybridized carbons (Fsp3) is 0.680. The van der Waals surface area contributed by atoms with E-state index in [1.54, 1.807) is 34.9 Å². The molecule has 2 atom stereocenters. The Morgan fingerprint density at radius 2 is 1.92 bits per heavy atom. The number of nitrogens with two attached hydrogens (primary N) is 1. The SMILES string of the molecule is COC(=O)NC(C)(C)/C=C/n1ncc(C(=O)NC23CC4CC(C2)CC(OC(N)=O)(C4)C3)c1SC(C)C. The lowest BCUT2D eigenvalue weighted by molar-refractivity contribution is -0.139. The van der Waals surface area contributed by atoms with Crippen molar-refractivity contribution in [3.05, 3.63) is 17.8 Å². The number of amides is 3. The summed E-state index contributed by atoms with van der Waals surface area (Å²) in [6, 6.07) is 0. The maximum Gasteiger partial charge on any atom is 0.407 e. The second-order valence-electron chi connectivity index (χ2n) is 11.4. The van der Waals surface area contributed by atoms with Gasteiger partial charge < -0.3 is 25.8 Å². The molecule has 0 spiro atoms. The van der Waals surface area contributed by atoms with E-state index in [4.69, 9.17) is 15.2 Å². The number of thioether (sulfide) groups is 1. The van der Waals surface area contributed by atoms with E-state index in [0.29, 0.717) is 23.8 Å². The molecule has 1 aromatic rings. The van der Waals surface area contributed by atoms with Gasteiger partial charge in [-0.05, 0) is 63.9 Å². The number of hydrogen-bond acceptors (Lipinski definition) is 7. The van der Waals surface area contributed by atoms with Gasteiger partial charge in [0.05, 0.1) is 24.4 Å².